The molecule has 5 nitrogen and oxygen atoms in total. The van der Waals surface area contributed by atoms with Gasteiger partial charge in [-0.05, 0) is 43.2 Å². The van der Waals surface area contributed by atoms with E-state index in [-0.39, 0.29) is 5.56 Å². The molecule has 25 heavy (non-hydrogen) atoms. The van der Waals surface area contributed by atoms with E-state index >= 15 is 0 Å². The fraction of sp³-hybridized carbons (Fsp3) is 0.368. The van der Waals surface area contributed by atoms with Crippen LogP contribution in [0.4, 0.5) is 0 Å². The Morgan fingerprint density at radius 2 is 2.16 bits per heavy atom. The molecule has 0 aliphatic heterocycles. The van der Waals surface area contributed by atoms with Gasteiger partial charge in [-0.15, -0.1) is 11.8 Å². The molecule has 0 saturated heterocycles. The van der Waals surface area contributed by atoms with Gasteiger partial charge in [-0.2, -0.15) is 0 Å². The van der Waals surface area contributed by atoms with Gasteiger partial charge in [-0.3, -0.25) is 4.79 Å². The van der Waals surface area contributed by atoms with Gasteiger partial charge in [0.05, 0.1) is 6.61 Å². The molecule has 1 fully saturated rings. The molecule has 1 aromatic carbocycles. The number of fused-ring (bicyclic) bond motifs is 1. The van der Waals surface area contributed by atoms with Crippen molar-refractivity contribution in [3.8, 4) is 16.9 Å². The number of aryl methyl sites for hydroxylation is 2. The molecule has 0 N–H and O–H groups in total. The molecule has 0 amide bonds. The SMILES string of the molecule is CSc1ccc(OCC2CC2)c(-c2cn(C)c(=O)c3nc(C)oc23)c1. The highest BCUT2D eigenvalue weighted by molar-refractivity contribution is 7.98. The van der Waals surface area contributed by atoms with Crippen LogP contribution in [0.5, 0.6) is 5.75 Å². The van der Waals surface area contributed by atoms with Crippen LogP contribution < -0.4 is 10.3 Å². The maximum absolute atomic E-state index is 12.4. The van der Waals surface area contributed by atoms with Crippen LogP contribution in [0.1, 0.15) is 18.7 Å². The summed E-state index contributed by atoms with van der Waals surface area (Å²) in [6.07, 6.45) is 6.32. The number of hydrogen-bond acceptors (Lipinski definition) is 5. The van der Waals surface area contributed by atoms with Crippen molar-refractivity contribution in [3.05, 3.63) is 40.6 Å². The monoisotopic (exact) mass is 356 g/mol. The third-order valence-electron chi connectivity index (χ3n) is 4.47. The quantitative estimate of drug-likeness (QED) is 0.647. The molecule has 2 heterocycles. The zero-order chi connectivity index (χ0) is 17.6. The Balaban J connectivity index is 1.91. The van der Waals surface area contributed by atoms with Gasteiger partial charge in [-0.1, -0.05) is 0 Å². The van der Waals surface area contributed by atoms with Gasteiger partial charge in [0.2, 0.25) is 0 Å². The van der Waals surface area contributed by atoms with Gasteiger partial charge in [-0.25, -0.2) is 4.98 Å². The van der Waals surface area contributed by atoms with E-state index in [9.17, 15) is 4.79 Å². The third kappa shape index (κ3) is 3.06. The molecule has 4 rings (SSSR count). The minimum absolute atomic E-state index is 0.155. The van der Waals surface area contributed by atoms with Crippen LogP contribution in [0.25, 0.3) is 22.2 Å². The Kier molecular flexibility index (Phi) is 4.07. The minimum atomic E-state index is -0.155. The standard InChI is InChI=1S/C19H20N2O3S/c1-11-20-17-18(24-11)15(9-21(2)19(17)22)14-8-13(25-3)6-7-16(14)23-10-12-4-5-12/h6-9,12H,4-5,10H2,1-3H3. The molecular weight excluding hydrogens is 336 g/mol. The lowest BCUT2D eigenvalue weighted by Crippen LogP contribution is -2.16. The first-order valence-corrected chi connectivity index (χ1v) is 9.57. The maximum Gasteiger partial charge on any atom is 0.280 e. The summed E-state index contributed by atoms with van der Waals surface area (Å²) in [5, 5.41) is 0. The highest BCUT2D eigenvalue weighted by atomic mass is 32.2. The largest absolute Gasteiger partial charge is 0.493 e. The van der Waals surface area contributed by atoms with E-state index in [2.05, 4.69) is 17.1 Å². The minimum Gasteiger partial charge on any atom is -0.493 e. The summed E-state index contributed by atoms with van der Waals surface area (Å²) in [7, 11) is 1.73. The van der Waals surface area contributed by atoms with Gasteiger partial charge in [0.15, 0.2) is 17.0 Å². The normalized spacial score (nSPS) is 14.2. The highest BCUT2D eigenvalue weighted by Gasteiger charge is 2.23. The molecule has 1 aliphatic carbocycles. The number of ether oxygens (including phenoxy) is 1. The molecule has 0 atom stereocenters. The number of hydrogen-bond donors (Lipinski definition) is 0. The molecule has 0 spiro atoms. The van der Waals surface area contributed by atoms with Crippen molar-refractivity contribution in [2.45, 2.75) is 24.7 Å². The molecule has 3 aromatic rings. The fourth-order valence-electron chi connectivity index (χ4n) is 2.89. The predicted molar refractivity (Wildman–Crippen MR) is 99.4 cm³/mol. The smallest absolute Gasteiger partial charge is 0.280 e. The van der Waals surface area contributed by atoms with Crippen molar-refractivity contribution in [1.82, 2.24) is 9.55 Å². The van der Waals surface area contributed by atoms with Gasteiger partial charge >= 0.3 is 0 Å². The Hall–Kier alpha value is -2.21. The fourth-order valence-corrected chi connectivity index (χ4v) is 3.33. The summed E-state index contributed by atoms with van der Waals surface area (Å²) in [5.74, 6) is 1.97. The van der Waals surface area contributed by atoms with Crippen molar-refractivity contribution in [2.75, 3.05) is 12.9 Å². The summed E-state index contributed by atoms with van der Waals surface area (Å²) in [4.78, 5) is 17.8. The van der Waals surface area contributed by atoms with Gasteiger partial charge in [0, 0.05) is 36.2 Å². The Morgan fingerprint density at radius 1 is 1.36 bits per heavy atom. The molecule has 2 aromatic heterocycles. The molecule has 0 bridgehead atoms. The van der Waals surface area contributed by atoms with Gasteiger partial charge in [0.1, 0.15) is 5.75 Å². The van der Waals surface area contributed by atoms with Crippen LogP contribution in [0, 0.1) is 12.8 Å². The second kappa shape index (κ2) is 6.26. The van der Waals surface area contributed by atoms with E-state index in [1.165, 1.54) is 12.8 Å². The number of aromatic nitrogens is 2. The predicted octanol–water partition coefficient (Wildman–Crippen LogP) is 4.01. The first-order chi connectivity index (χ1) is 12.1. The van der Waals surface area contributed by atoms with Gasteiger partial charge in [0.25, 0.3) is 5.56 Å². The topological polar surface area (TPSA) is 57.3 Å². The van der Waals surface area contributed by atoms with Crippen LogP contribution in [0.2, 0.25) is 0 Å². The number of pyridine rings is 1. The highest BCUT2D eigenvalue weighted by Crippen LogP contribution is 2.38. The van der Waals surface area contributed by atoms with E-state index in [1.54, 1.807) is 36.5 Å². The molecule has 0 radical (unpaired) electrons. The third-order valence-corrected chi connectivity index (χ3v) is 5.20. The summed E-state index contributed by atoms with van der Waals surface area (Å²) in [6.45, 7) is 2.49. The summed E-state index contributed by atoms with van der Waals surface area (Å²) in [5.41, 5.74) is 2.50. The lowest BCUT2D eigenvalue weighted by atomic mass is 10.1. The number of thioether (sulfide) groups is 1. The molecular formula is C19H20N2O3S. The Labute approximate surface area is 150 Å². The van der Waals surface area contributed by atoms with E-state index in [4.69, 9.17) is 9.15 Å². The van der Waals surface area contributed by atoms with Crippen molar-refractivity contribution >= 4 is 22.9 Å². The number of nitrogens with zero attached hydrogens (tertiary/aromatic N) is 2. The number of oxazole rings is 1. The first kappa shape index (κ1) is 16.3. The van der Waals surface area contributed by atoms with E-state index in [1.807, 2.05) is 12.3 Å². The molecule has 130 valence electrons. The first-order valence-electron chi connectivity index (χ1n) is 8.35. The zero-order valence-electron chi connectivity index (χ0n) is 14.5. The lowest BCUT2D eigenvalue weighted by molar-refractivity contribution is 0.301. The van der Waals surface area contributed by atoms with Crippen LogP contribution in [0.3, 0.4) is 0 Å². The van der Waals surface area contributed by atoms with Crippen LogP contribution in [-0.4, -0.2) is 22.4 Å². The average molecular weight is 356 g/mol. The summed E-state index contributed by atoms with van der Waals surface area (Å²) < 4.78 is 13.4. The summed E-state index contributed by atoms with van der Waals surface area (Å²) in [6, 6.07) is 6.15. The van der Waals surface area contributed by atoms with Crippen molar-refractivity contribution < 1.29 is 9.15 Å². The van der Waals surface area contributed by atoms with Crippen LogP contribution in [0.15, 0.2) is 38.5 Å². The number of benzene rings is 1. The maximum atomic E-state index is 12.4. The second-order valence-electron chi connectivity index (χ2n) is 6.49. The van der Waals surface area contributed by atoms with Crippen molar-refractivity contribution in [1.29, 1.82) is 0 Å². The van der Waals surface area contributed by atoms with Crippen molar-refractivity contribution in [2.24, 2.45) is 13.0 Å². The zero-order valence-corrected chi connectivity index (χ0v) is 15.4. The summed E-state index contributed by atoms with van der Waals surface area (Å²) >= 11 is 1.67. The molecule has 1 saturated carbocycles. The Bertz CT molecular complexity index is 1000. The van der Waals surface area contributed by atoms with Crippen LogP contribution in [-0.2, 0) is 7.05 Å². The van der Waals surface area contributed by atoms with E-state index in [0.717, 1.165) is 28.4 Å². The second-order valence-corrected chi connectivity index (χ2v) is 7.37. The molecule has 1 aliphatic rings. The van der Waals surface area contributed by atoms with E-state index < -0.39 is 0 Å². The average Bonchev–Trinajstić information content (AvgIpc) is 3.36. The van der Waals surface area contributed by atoms with Crippen LogP contribution >= 0.6 is 11.8 Å². The number of rotatable bonds is 5. The molecule has 6 heteroatoms. The lowest BCUT2D eigenvalue weighted by Gasteiger charge is -2.13. The van der Waals surface area contributed by atoms with Crippen molar-refractivity contribution in [3.63, 3.8) is 0 Å². The molecule has 0 unspecified atom stereocenters. The van der Waals surface area contributed by atoms with E-state index in [0.29, 0.717) is 22.9 Å². The van der Waals surface area contributed by atoms with Gasteiger partial charge < -0.3 is 13.7 Å². The Morgan fingerprint density at radius 3 is 2.88 bits per heavy atom.